The Kier molecular flexibility index (Phi) is 4.49. The molecule has 0 bridgehead atoms. The maximum absolute atomic E-state index is 12.1. The van der Waals surface area contributed by atoms with E-state index >= 15 is 0 Å². The van der Waals surface area contributed by atoms with Crippen molar-refractivity contribution in [3.05, 3.63) is 59.1 Å². The molecule has 2 aromatic carbocycles. The summed E-state index contributed by atoms with van der Waals surface area (Å²) < 4.78 is 5.62. The molecule has 22 heavy (non-hydrogen) atoms. The zero-order chi connectivity index (χ0) is 15.4. The summed E-state index contributed by atoms with van der Waals surface area (Å²) in [6.45, 7) is 2.80. The number of amides is 1. The first-order valence-corrected chi connectivity index (χ1v) is 7.62. The van der Waals surface area contributed by atoms with Crippen molar-refractivity contribution in [3.8, 4) is 5.75 Å². The molecule has 0 aliphatic carbocycles. The van der Waals surface area contributed by atoms with Gasteiger partial charge in [-0.1, -0.05) is 29.8 Å². The number of carbonyl (C=O) groups is 1. The van der Waals surface area contributed by atoms with E-state index in [1.807, 2.05) is 24.3 Å². The predicted molar refractivity (Wildman–Crippen MR) is 87.9 cm³/mol. The minimum Gasteiger partial charge on any atom is -0.490 e. The number of benzene rings is 2. The average Bonchev–Trinajstić information content (AvgIpc) is 2.55. The molecule has 4 nitrogen and oxygen atoms in total. The summed E-state index contributed by atoms with van der Waals surface area (Å²) in [5.74, 6) is 0.791. The predicted octanol–water partition coefficient (Wildman–Crippen LogP) is 2.97. The first-order chi connectivity index (χ1) is 10.7. The van der Waals surface area contributed by atoms with E-state index in [-0.39, 0.29) is 5.91 Å². The van der Waals surface area contributed by atoms with Gasteiger partial charge in [0.25, 0.3) is 5.91 Å². The van der Waals surface area contributed by atoms with Gasteiger partial charge < -0.3 is 15.0 Å². The van der Waals surface area contributed by atoms with Crippen LogP contribution >= 0.6 is 11.6 Å². The third-order valence-electron chi connectivity index (χ3n) is 3.58. The fraction of sp³-hybridized carbons (Fsp3) is 0.235. The molecule has 1 N–H and O–H groups in total. The lowest BCUT2D eigenvalue weighted by Crippen LogP contribution is -2.39. The third-order valence-corrected chi connectivity index (χ3v) is 3.81. The Labute approximate surface area is 134 Å². The van der Waals surface area contributed by atoms with E-state index in [1.54, 1.807) is 24.3 Å². The van der Waals surface area contributed by atoms with Crippen LogP contribution < -0.4 is 15.0 Å². The number of carbonyl (C=O) groups excluding carboxylic acids is 1. The molecule has 0 radical (unpaired) electrons. The summed E-state index contributed by atoms with van der Waals surface area (Å²) in [5, 5.41) is 3.49. The molecule has 0 unspecified atom stereocenters. The second-order valence-electron chi connectivity index (χ2n) is 5.07. The Morgan fingerprint density at radius 2 is 2.09 bits per heavy atom. The standard InChI is InChI=1S/C17H17ClN2O2/c18-14-5-3-4-13(12-14)17(21)19-8-9-20-10-11-22-16-7-2-1-6-15(16)20/h1-7,12H,8-11H2,(H,19,21). The smallest absolute Gasteiger partial charge is 0.251 e. The summed E-state index contributed by atoms with van der Waals surface area (Å²) in [7, 11) is 0. The van der Waals surface area contributed by atoms with E-state index < -0.39 is 0 Å². The number of fused-ring (bicyclic) bond motifs is 1. The summed E-state index contributed by atoms with van der Waals surface area (Å²) in [6.07, 6.45) is 0. The summed E-state index contributed by atoms with van der Waals surface area (Å²) in [4.78, 5) is 14.3. The number of nitrogens with zero attached hydrogens (tertiary/aromatic N) is 1. The van der Waals surface area contributed by atoms with Gasteiger partial charge in [-0.25, -0.2) is 0 Å². The molecule has 1 aliphatic heterocycles. The highest BCUT2D eigenvalue weighted by molar-refractivity contribution is 6.30. The summed E-state index contributed by atoms with van der Waals surface area (Å²) in [6, 6.07) is 14.9. The number of anilines is 1. The highest BCUT2D eigenvalue weighted by Gasteiger charge is 2.17. The van der Waals surface area contributed by atoms with Crippen molar-refractivity contribution < 1.29 is 9.53 Å². The molecule has 1 amide bonds. The highest BCUT2D eigenvalue weighted by atomic mass is 35.5. The second-order valence-corrected chi connectivity index (χ2v) is 5.51. The zero-order valence-electron chi connectivity index (χ0n) is 12.1. The fourth-order valence-electron chi connectivity index (χ4n) is 2.50. The monoisotopic (exact) mass is 316 g/mol. The van der Waals surface area contributed by atoms with Crippen LogP contribution in [0.5, 0.6) is 5.75 Å². The van der Waals surface area contributed by atoms with E-state index in [0.29, 0.717) is 23.7 Å². The van der Waals surface area contributed by atoms with Gasteiger partial charge in [0.05, 0.1) is 12.2 Å². The number of halogens is 1. The van der Waals surface area contributed by atoms with Crippen molar-refractivity contribution in [1.29, 1.82) is 0 Å². The molecule has 0 saturated heterocycles. The van der Waals surface area contributed by atoms with Gasteiger partial charge in [0.1, 0.15) is 12.4 Å². The van der Waals surface area contributed by atoms with E-state index in [1.165, 1.54) is 0 Å². The lowest BCUT2D eigenvalue weighted by Gasteiger charge is -2.31. The molecular weight excluding hydrogens is 300 g/mol. The van der Waals surface area contributed by atoms with Crippen LogP contribution in [0, 0.1) is 0 Å². The maximum Gasteiger partial charge on any atom is 0.251 e. The normalized spacial score (nSPS) is 13.2. The van der Waals surface area contributed by atoms with Crippen LogP contribution in [0.1, 0.15) is 10.4 Å². The van der Waals surface area contributed by atoms with Crippen molar-refractivity contribution in [3.63, 3.8) is 0 Å². The average molecular weight is 317 g/mol. The van der Waals surface area contributed by atoms with Gasteiger partial charge in [0.2, 0.25) is 0 Å². The van der Waals surface area contributed by atoms with Crippen LogP contribution in [-0.2, 0) is 0 Å². The lowest BCUT2D eigenvalue weighted by atomic mass is 10.2. The van der Waals surface area contributed by atoms with Gasteiger partial charge in [-0.2, -0.15) is 0 Å². The van der Waals surface area contributed by atoms with Gasteiger partial charge in [0, 0.05) is 23.7 Å². The number of nitrogens with one attached hydrogen (secondary N) is 1. The molecule has 1 heterocycles. The van der Waals surface area contributed by atoms with E-state index in [9.17, 15) is 4.79 Å². The van der Waals surface area contributed by atoms with Gasteiger partial charge in [-0.3, -0.25) is 4.79 Å². The zero-order valence-corrected chi connectivity index (χ0v) is 12.8. The van der Waals surface area contributed by atoms with Crippen molar-refractivity contribution in [2.45, 2.75) is 0 Å². The molecule has 0 spiro atoms. The SMILES string of the molecule is O=C(NCCN1CCOc2ccccc21)c1cccc(Cl)c1. The molecule has 1 aliphatic rings. The molecule has 3 rings (SSSR count). The molecule has 114 valence electrons. The van der Waals surface area contributed by atoms with E-state index in [2.05, 4.69) is 10.2 Å². The first-order valence-electron chi connectivity index (χ1n) is 7.24. The molecule has 2 aromatic rings. The number of rotatable bonds is 4. The summed E-state index contributed by atoms with van der Waals surface area (Å²) >= 11 is 5.90. The second kappa shape index (κ2) is 6.71. The number of hydrogen-bond acceptors (Lipinski definition) is 3. The number of para-hydroxylation sites is 2. The highest BCUT2D eigenvalue weighted by Crippen LogP contribution is 2.30. The maximum atomic E-state index is 12.1. The lowest BCUT2D eigenvalue weighted by molar-refractivity contribution is 0.0954. The Morgan fingerprint density at radius 3 is 2.95 bits per heavy atom. The van der Waals surface area contributed by atoms with Crippen molar-refractivity contribution in [1.82, 2.24) is 5.32 Å². The van der Waals surface area contributed by atoms with Crippen LogP contribution in [0.4, 0.5) is 5.69 Å². The quantitative estimate of drug-likeness (QED) is 0.943. The molecule has 0 aromatic heterocycles. The van der Waals surface area contributed by atoms with Gasteiger partial charge in [0.15, 0.2) is 0 Å². The van der Waals surface area contributed by atoms with Crippen LogP contribution in [0.3, 0.4) is 0 Å². The first kappa shape index (κ1) is 14.7. The molecular formula is C17H17ClN2O2. The molecule has 0 atom stereocenters. The van der Waals surface area contributed by atoms with Crippen LogP contribution in [0.25, 0.3) is 0 Å². The molecule has 0 saturated carbocycles. The Morgan fingerprint density at radius 1 is 1.23 bits per heavy atom. The molecule has 5 heteroatoms. The Hall–Kier alpha value is -2.20. The third kappa shape index (κ3) is 3.34. The minimum atomic E-state index is -0.107. The molecule has 0 fully saturated rings. The van der Waals surface area contributed by atoms with Crippen molar-refractivity contribution in [2.75, 3.05) is 31.1 Å². The van der Waals surface area contributed by atoms with Crippen LogP contribution in [0.15, 0.2) is 48.5 Å². The van der Waals surface area contributed by atoms with Crippen LogP contribution in [0.2, 0.25) is 5.02 Å². The Balaban J connectivity index is 1.57. The minimum absolute atomic E-state index is 0.107. The van der Waals surface area contributed by atoms with Gasteiger partial charge >= 0.3 is 0 Å². The largest absolute Gasteiger partial charge is 0.490 e. The van der Waals surface area contributed by atoms with Gasteiger partial charge in [-0.15, -0.1) is 0 Å². The topological polar surface area (TPSA) is 41.6 Å². The van der Waals surface area contributed by atoms with Crippen molar-refractivity contribution >= 4 is 23.2 Å². The van der Waals surface area contributed by atoms with Crippen LogP contribution in [-0.4, -0.2) is 32.1 Å². The summed E-state index contributed by atoms with van der Waals surface area (Å²) in [5.41, 5.74) is 1.65. The fourth-order valence-corrected chi connectivity index (χ4v) is 2.69. The number of hydrogen-bond donors (Lipinski definition) is 1. The van der Waals surface area contributed by atoms with Gasteiger partial charge in [-0.05, 0) is 30.3 Å². The van der Waals surface area contributed by atoms with Crippen molar-refractivity contribution in [2.24, 2.45) is 0 Å². The number of ether oxygens (including phenoxy) is 1. The van der Waals surface area contributed by atoms with E-state index in [0.717, 1.165) is 24.5 Å². The van der Waals surface area contributed by atoms with E-state index in [4.69, 9.17) is 16.3 Å². The Bertz CT molecular complexity index is 675.